The molecule has 1 aliphatic heterocycles. The Hall–Kier alpha value is -1.05. The van der Waals surface area contributed by atoms with Crippen molar-refractivity contribution in [1.82, 2.24) is 0 Å². The second-order valence-corrected chi connectivity index (χ2v) is 5.73. The van der Waals surface area contributed by atoms with Gasteiger partial charge in [0.1, 0.15) is 6.04 Å². The maximum Gasteiger partial charge on any atom is 0.243 e. The third-order valence-corrected chi connectivity index (χ3v) is 3.61. The van der Waals surface area contributed by atoms with Crippen molar-refractivity contribution < 1.29 is 14.3 Å². The second kappa shape index (κ2) is 10.7. The molecule has 3 unspecified atom stereocenters. The van der Waals surface area contributed by atoms with Gasteiger partial charge in [0, 0.05) is 20.2 Å². The largest absolute Gasteiger partial charge is 0.383 e. The van der Waals surface area contributed by atoms with Crippen molar-refractivity contribution in [2.24, 2.45) is 5.73 Å². The van der Waals surface area contributed by atoms with E-state index < -0.39 is 6.04 Å². The van der Waals surface area contributed by atoms with Crippen molar-refractivity contribution in [3.8, 4) is 0 Å². The van der Waals surface area contributed by atoms with Gasteiger partial charge in [0.15, 0.2) is 0 Å². The molecule has 3 atom stereocenters. The summed E-state index contributed by atoms with van der Waals surface area (Å²) in [6.07, 6.45) is 0.312. The number of para-hydroxylation sites is 2. The molecule has 138 valence electrons. The minimum absolute atomic E-state index is 0. The predicted molar refractivity (Wildman–Crippen MR) is 102 cm³/mol. The van der Waals surface area contributed by atoms with Gasteiger partial charge in [-0.2, -0.15) is 0 Å². The fourth-order valence-electron chi connectivity index (χ4n) is 2.71. The van der Waals surface area contributed by atoms with Crippen LogP contribution < -0.4 is 16.0 Å². The zero-order valence-corrected chi connectivity index (χ0v) is 15.9. The summed E-state index contributed by atoms with van der Waals surface area (Å²) >= 11 is 0. The molecule has 0 aromatic heterocycles. The highest BCUT2D eigenvalue weighted by atomic mass is 35.5. The van der Waals surface area contributed by atoms with E-state index in [2.05, 4.69) is 24.1 Å². The number of ether oxygens (including phenoxy) is 2. The molecule has 1 heterocycles. The quantitative estimate of drug-likeness (QED) is 0.818. The third kappa shape index (κ3) is 6.11. The number of nitrogens with zero attached hydrogens (tertiary/aromatic N) is 1. The smallest absolute Gasteiger partial charge is 0.243 e. The Labute approximate surface area is 155 Å². The number of benzene rings is 1. The van der Waals surface area contributed by atoms with E-state index in [9.17, 15) is 4.79 Å². The monoisotopic (exact) mass is 379 g/mol. The van der Waals surface area contributed by atoms with Crippen molar-refractivity contribution >= 4 is 42.1 Å². The lowest BCUT2D eigenvalue weighted by atomic mass is 10.1. The molecular weight excluding hydrogens is 353 g/mol. The van der Waals surface area contributed by atoms with Crippen LogP contribution in [0.4, 0.5) is 11.4 Å². The molecule has 0 aliphatic carbocycles. The first-order valence-electron chi connectivity index (χ1n) is 7.56. The van der Waals surface area contributed by atoms with Gasteiger partial charge < -0.3 is 25.4 Å². The highest BCUT2D eigenvalue weighted by molar-refractivity contribution is 5.97. The number of nitrogens with two attached hydrogens (primary N) is 1. The first kappa shape index (κ1) is 22.9. The molecular formula is C16H27Cl2N3O3. The Morgan fingerprint density at radius 1 is 1.33 bits per heavy atom. The number of anilines is 2. The van der Waals surface area contributed by atoms with Crippen LogP contribution in [0.1, 0.15) is 13.8 Å². The number of methoxy groups -OCH3 is 1. The van der Waals surface area contributed by atoms with Crippen LogP contribution >= 0.6 is 24.8 Å². The van der Waals surface area contributed by atoms with Gasteiger partial charge in [0.2, 0.25) is 5.91 Å². The lowest BCUT2D eigenvalue weighted by Crippen LogP contribution is -2.46. The number of carbonyl (C=O) groups is 1. The zero-order valence-electron chi connectivity index (χ0n) is 14.2. The van der Waals surface area contributed by atoms with Gasteiger partial charge in [-0.3, -0.25) is 4.79 Å². The SMILES string of the molecule is COCC(N)C(=O)Nc1ccccc1N1CC(C)OC(C)C1.Cl.Cl. The highest BCUT2D eigenvalue weighted by Gasteiger charge is 2.24. The molecule has 6 nitrogen and oxygen atoms in total. The van der Waals surface area contributed by atoms with Crippen LogP contribution in [0.3, 0.4) is 0 Å². The van der Waals surface area contributed by atoms with E-state index in [0.717, 1.165) is 24.5 Å². The lowest BCUT2D eigenvalue weighted by molar-refractivity contribution is -0.118. The van der Waals surface area contributed by atoms with E-state index in [1.165, 1.54) is 7.11 Å². The molecule has 1 aliphatic rings. The average molecular weight is 380 g/mol. The van der Waals surface area contributed by atoms with Crippen molar-refractivity contribution in [3.05, 3.63) is 24.3 Å². The van der Waals surface area contributed by atoms with Gasteiger partial charge in [-0.1, -0.05) is 12.1 Å². The first-order chi connectivity index (χ1) is 10.5. The summed E-state index contributed by atoms with van der Waals surface area (Å²) in [6, 6.07) is 7.07. The van der Waals surface area contributed by atoms with Crippen LogP contribution in [0, 0.1) is 0 Å². The summed E-state index contributed by atoms with van der Waals surface area (Å²) in [6.45, 7) is 5.89. The Morgan fingerprint density at radius 3 is 2.50 bits per heavy atom. The normalized spacial score (nSPS) is 21.2. The molecule has 2 rings (SSSR count). The van der Waals surface area contributed by atoms with Crippen LogP contribution in [-0.2, 0) is 14.3 Å². The van der Waals surface area contributed by atoms with E-state index in [0.29, 0.717) is 0 Å². The van der Waals surface area contributed by atoms with Crippen LogP contribution in [0.5, 0.6) is 0 Å². The number of halogens is 2. The fourth-order valence-corrected chi connectivity index (χ4v) is 2.71. The Bertz CT molecular complexity index is 509. The molecule has 1 aromatic rings. The van der Waals surface area contributed by atoms with Gasteiger partial charge in [0.05, 0.1) is 30.2 Å². The Balaban J connectivity index is 0.00000264. The summed E-state index contributed by atoms with van der Waals surface area (Å²) < 4.78 is 10.7. The summed E-state index contributed by atoms with van der Waals surface area (Å²) in [5.74, 6) is -0.247. The molecule has 0 spiro atoms. The third-order valence-electron chi connectivity index (χ3n) is 3.61. The predicted octanol–water partition coefficient (Wildman–Crippen LogP) is 2.06. The van der Waals surface area contributed by atoms with Crippen molar-refractivity contribution in [2.45, 2.75) is 32.1 Å². The molecule has 0 bridgehead atoms. The van der Waals surface area contributed by atoms with Crippen LogP contribution in [0.2, 0.25) is 0 Å². The maximum absolute atomic E-state index is 12.1. The molecule has 1 saturated heterocycles. The molecule has 0 radical (unpaired) electrons. The van der Waals surface area contributed by atoms with Crippen molar-refractivity contribution in [2.75, 3.05) is 37.0 Å². The van der Waals surface area contributed by atoms with Crippen LogP contribution in [-0.4, -0.2) is 51.0 Å². The van der Waals surface area contributed by atoms with E-state index in [1.807, 2.05) is 24.3 Å². The molecule has 8 heteroatoms. The van der Waals surface area contributed by atoms with E-state index >= 15 is 0 Å². The highest BCUT2D eigenvalue weighted by Crippen LogP contribution is 2.28. The molecule has 24 heavy (non-hydrogen) atoms. The molecule has 1 amide bonds. The van der Waals surface area contributed by atoms with Crippen molar-refractivity contribution in [1.29, 1.82) is 0 Å². The van der Waals surface area contributed by atoms with E-state index in [1.54, 1.807) is 0 Å². The zero-order chi connectivity index (χ0) is 16.1. The molecule has 0 saturated carbocycles. The number of hydrogen-bond acceptors (Lipinski definition) is 5. The summed E-state index contributed by atoms with van der Waals surface area (Å²) in [7, 11) is 1.53. The van der Waals surface area contributed by atoms with Crippen molar-refractivity contribution in [3.63, 3.8) is 0 Å². The van der Waals surface area contributed by atoms with Crippen LogP contribution in [0.25, 0.3) is 0 Å². The van der Waals surface area contributed by atoms with E-state index in [-0.39, 0.29) is 49.5 Å². The molecule has 1 fully saturated rings. The van der Waals surface area contributed by atoms with E-state index in [4.69, 9.17) is 15.2 Å². The van der Waals surface area contributed by atoms with Gasteiger partial charge in [-0.05, 0) is 26.0 Å². The number of hydrogen-bond donors (Lipinski definition) is 2. The molecule has 1 aromatic carbocycles. The standard InChI is InChI=1S/C16H25N3O3.2ClH/c1-11-8-19(9-12(2)22-11)15-7-5-4-6-14(15)18-16(20)13(17)10-21-3;;/h4-7,11-13H,8-10,17H2,1-3H3,(H,18,20);2*1H. The Morgan fingerprint density at radius 2 is 1.92 bits per heavy atom. The minimum Gasteiger partial charge on any atom is -0.383 e. The van der Waals surface area contributed by atoms with Gasteiger partial charge >= 0.3 is 0 Å². The summed E-state index contributed by atoms with van der Waals surface area (Å²) in [5.41, 5.74) is 7.53. The van der Waals surface area contributed by atoms with Gasteiger partial charge in [-0.15, -0.1) is 24.8 Å². The average Bonchev–Trinajstić information content (AvgIpc) is 2.47. The topological polar surface area (TPSA) is 76.8 Å². The fraction of sp³-hybridized carbons (Fsp3) is 0.562. The number of amides is 1. The van der Waals surface area contributed by atoms with Gasteiger partial charge in [0.25, 0.3) is 0 Å². The molecule has 3 N–H and O–H groups in total. The maximum atomic E-state index is 12.1. The second-order valence-electron chi connectivity index (χ2n) is 5.73. The number of carbonyl (C=O) groups excluding carboxylic acids is 1. The minimum atomic E-state index is -0.680. The van der Waals surface area contributed by atoms with Gasteiger partial charge in [-0.25, -0.2) is 0 Å². The van der Waals surface area contributed by atoms with Crippen LogP contribution in [0.15, 0.2) is 24.3 Å². The first-order valence-corrected chi connectivity index (χ1v) is 7.56. The number of nitrogens with one attached hydrogen (secondary N) is 1. The lowest BCUT2D eigenvalue weighted by Gasteiger charge is -2.37. The Kier molecular flexibility index (Phi) is 10.3. The summed E-state index contributed by atoms with van der Waals surface area (Å²) in [5, 5.41) is 2.90. The number of morpholine rings is 1. The number of rotatable bonds is 5. The summed E-state index contributed by atoms with van der Waals surface area (Å²) in [4.78, 5) is 14.3.